The molecule has 0 saturated heterocycles. The average Bonchev–Trinajstić information content (AvgIpc) is 2.99. The van der Waals surface area contributed by atoms with Crippen molar-refractivity contribution in [3.05, 3.63) is 59.2 Å². The lowest BCUT2D eigenvalue weighted by atomic mass is 9.99. The van der Waals surface area contributed by atoms with Gasteiger partial charge in [-0.2, -0.15) is 0 Å². The smallest absolute Gasteiger partial charge is 0.225 e. The summed E-state index contributed by atoms with van der Waals surface area (Å²) in [5, 5.41) is 0. The van der Waals surface area contributed by atoms with Gasteiger partial charge in [0.2, 0.25) is 5.91 Å². The number of amides is 1. The first-order valence-corrected chi connectivity index (χ1v) is 11.7. The summed E-state index contributed by atoms with van der Waals surface area (Å²) < 4.78 is 11.8. The van der Waals surface area contributed by atoms with Crippen LogP contribution in [0, 0.1) is 18.8 Å². The van der Waals surface area contributed by atoms with Crippen molar-refractivity contribution in [2.24, 2.45) is 11.8 Å². The third-order valence-electron chi connectivity index (χ3n) is 5.73. The zero-order valence-electron chi connectivity index (χ0n) is 19.5. The van der Waals surface area contributed by atoms with Crippen LogP contribution in [0.3, 0.4) is 0 Å². The number of nitrogens with zero attached hydrogens (tertiary/aromatic N) is 1. The molecule has 0 N–H and O–H groups in total. The Hall–Kier alpha value is -2.49. The van der Waals surface area contributed by atoms with Crippen LogP contribution < -0.4 is 9.47 Å². The molecule has 0 aromatic heterocycles. The molecule has 1 atom stereocenters. The number of benzene rings is 2. The molecule has 4 nitrogen and oxygen atoms in total. The number of carbonyl (C=O) groups excluding carboxylic acids is 1. The molecule has 2 aromatic carbocycles. The van der Waals surface area contributed by atoms with Gasteiger partial charge in [0.05, 0.1) is 13.2 Å². The van der Waals surface area contributed by atoms with Crippen LogP contribution in [0.4, 0.5) is 0 Å². The second-order valence-corrected chi connectivity index (χ2v) is 9.18. The van der Waals surface area contributed by atoms with Crippen LogP contribution >= 0.6 is 0 Å². The lowest BCUT2D eigenvalue weighted by Crippen LogP contribution is -2.37. The summed E-state index contributed by atoms with van der Waals surface area (Å²) in [6, 6.07) is 14.7. The van der Waals surface area contributed by atoms with E-state index in [-0.39, 0.29) is 11.8 Å². The first-order chi connectivity index (χ1) is 14.9. The van der Waals surface area contributed by atoms with Gasteiger partial charge in [0.1, 0.15) is 0 Å². The van der Waals surface area contributed by atoms with Gasteiger partial charge in [-0.3, -0.25) is 4.79 Å². The maximum atomic E-state index is 13.3. The Morgan fingerprint density at radius 2 is 1.77 bits per heavy atom. The summed E-state index contributed by atoms with van der Waals surface area (Å²) in [6.07, 6.45) is 3.84. The minimum atomic E-state index is 0.0176. The molecule has 1 heterocycles. The first-order valence-electron chi connectivity index (χ1n) is 11.7. The summed E-state index contributed by atoms with van der Waals surface area (Å²) >= 11 is 0. The molecule has 4 heteroatoms. The summed E-state index contributed by atoms with van der Waals surface area (Å²) in [4.78, 5) is 15.3. The maximum absolute atomic E-state index is 13.3. The molecule has 1 amide bonds. The SMILES string of the molecule is Cc1cc(CN(CC(C)C)C(=O)C(C)CCCc2ccccc2)cc2c1OCCCO2. The molecule has 1 aliphatic heterocycles. The molecule has 3 rings (SSSR count). The highest BCUT2D eigenvalue weighted by molar-refractivity contribution is 5.78. The topological polar surface area (TPSA) is 38.8 Å². The summed E-state index contributed by atoms with van der Waals surface area (Å²) in [5.74, 6) is 2.33. The number of ether oxygens (including phenoxy) is 2. The molecule has 0 bridgehead atoms. The van der Waals surface area contributed by atoms with E-state index in [4.69, 9.17) is 9.47 Å². The molecule has 0 fully saturated rings. The van der Waals surface area contributed by atoms with Crippen molar-refractivity contribution in [3.8, 4) is 11.5 Å². The van der Waals surface area contributed by atoms with E-state index >= 15 is 0 Å². The predicted molar refractivity (Wildman–Crippen MR) is 126 cm³/mol. The van der Waals surface area contributed by atoms with Crippen molar-refractivity contribution in [1.82, 2.24) is 4.90 Å². The molecule has 1 aliphatic rings. The molecule has 0 spiro atoms. The van der Waals surface area contributed by atoms with Gasteiger partial charge < -0.3 is 14.4 Å². The highest BCUT2D eigenvalue weighted by Crippen LogP contribution is 2.35. The Morgan fingerprint density at radius 3 is 2.52 bits per heavy atom. The summed E-state index contributed by atoms with van der Waals surface area (Å²) in [5.41, 5.74) is 3.51. The zero-order chi connectivity index (χ0) is 22.2. The number of carbonyl (C=O) groups is 1. The van der Waals surface area contributed by atoms with E-state index in [2.05, 4.69) is 58.0 Å². The van der Waals surface area contributed by atoms with E-state index in [1.54, 1.807) is 0 Å². The van der Waals surface area contributed by atoms with Crippen LogP contribution in [0.1, 0.15) is 56.7 Å². The Labute approximate surface area is 187 Å². The highest BCUT2D eigenvalue weighted by atomic mass is 16.5. The van der Waals surface area contributed by atoms with Crippen LogP contribution in [-0.2, 0) is 17.8 Å². The van der Waals surface area contributed by atoms with Gasteiger partial charge in [0.25, 0.3) is 0 Å². The monoisotopic (exact) mass is 423 g/mol. The van der Waals surface area contributed by atoms with E-state index in [9.17, 15) is 4.79 Å². The third-order valence-corrected chi connectivity index (χ3v) is 5.73. The number of aryl methyl sites for hydroxylation is 2. The predicted octanol–water partition coefficient (Wildman–Crippen LogP) is 5.80. The fraction of sp³-hybridized carbons (Fsp3) is 0.519. The number of hydrogen-bond acceptors (Lipinski definition) is 3. The zero-order valence-corrected chi connectivity index (χ0v) is 19.5. The van der Waals surface area contributed by atoms with Crippen molar-refractivity contribution in [2.75, 3.05) is 19.8 Å². The minimum absolute atomic E-state index is 0.0176. The normalized spacial score (nSPS) is 14.2. The van der Waals surface area contributed by atoms with Crippen LogP contribution in [0.5, 0.6) is 11.5 Å². The van der Waals surface area contributed by atoms with Crippen molar-refractivity contribution in [2.45, 2.75) is 59.9 Å². The first kappa shape index (κ1) is 23.2. The lowest BCUT2D eigenvalue weighted by Gasteiger charge is -2.28. The van der Waals surface area contributed by atoms with Crippen LogP contribution in [-0.4, -0.2) is 30.6 Å². The highest BCUT2D eigenvalue weighted by Gasteiger charge is 2.23. The molecule has 31 heavy (non-hydrogen) atoms. The van der Waals surface area contributed by atoms with Gasteiger partial charge in [-0.05, 0) is 54.9 Å². The third kappa shape index (κ3) is 6.75. The average molecular weight is 424 g/mol. The van der Waals surface area contributed by atoms with Gasteiger partial charge in [0.15, 0.2) is 11.5 Å². The number of hydrogen-bond donors (Lipinski definition) is 0. The quantitative estimate of drug-likeness (QED) is 0.512. The minimum Gasteiger partial charge on any atom is -0.490 e. The Kier molecular flexibility index (Phi) is 8.39. The van der Waals surface area contributed by atoms with Gasteiger partial charge in [-0.25, -0.2) is 0 Å². The molecule has 168 valence electrons. The second-order valence-electron chi connectivity index (χ2n) is 9.18. The van der Waals surface area contributed by atoms with Gasteiger partial charge in [0, 0.05) is 25.4 Å². The molecule has 1 unspecified atom stereocenters. The number of rotatable bonds is 9. The van der Waals surface area contributed by atoms with Crippen molar-refractivity contribution in [1.29, 1.82) is 0 Å². The molecular formula is C27H37NO3. The standard InChI is InChI=1S/C27H37NO3/c1-20(2)18-28(27(29)21(3)10-8-13-23-11-6-5-7-12-23)19-24-16-22(4)26-25(17-24)30-14-9-15-31-26/h5-7,11-12,16-17,20-21H,8-10,13-15,18-19H2,1-4H3. The van der Waals surface area contributed by atoms with Crippen LogP contribution in [0.2, 0.25) is 0 Å². The lowest BCUT2D eigenvalue weighted by molar-refractivity contribution is -0.136. The Bertz CT molecular complexity index is 847. The largest absolute Gasteiger partial charge is 0.490 e. The number of fused-ring (bicyclic) bond motifs is 1. The fourth-order valence-electron chi connectivity index (χ4n) is 4.20. The van der Waals surface area contributed by atoms with Crippen LogP contribution in [0.25, 0.3) is 0 Å². The Balaban J connectivity index is 1.65. The van der Waals surface area contributed by atoms with Crippen molar-refractivity contribution >= 4 is 5.91 Å². The molecular weight excluding hydrogens is 386 g/mol. The second kappa shape index (κ2) is 11.2. The van der Waals surface area contributed by atoms with Gasteiger partial charge in [-0.1, -0.05) is 57.2 Å². The summed E-state index contributed by atoms with van der Waals surface area (Å²) in [6.45, 7) is 11.2. The molecule has 2 aromatic rings. The van der Waals surface area contributed by atoms with E-state index in [0.29, 0.717) is 25.7 Å². The van der Waals surface area contributed by atoms with E-state index in [1.807, 2.05) is 17.0 Å². The van der Waals surface area contributed by atoms with Crippen LogP contribution in [0.15, 0.2) is 42.5 Å². The van der Waals surface area contributed by atoms with Crippen molar-refractivity contribution < 1.29 is 14.3 Å². The van der Waals surface area contributed by atoms with E-state index < -0.39 is 0 Å². The van der Waals surface area contributed by atoms with E-state index in [0.717, 1.165) is 54.9 Å². The fourth-order valence-corrected chi connectivity index (χ4v) is 4.20. The van der Waals surface area contributed by atoms with E-state index in [1.165, 1.54) is 5.56 Å². The Morgan fingerprint density at radius 1 is 1.03 bits per heavy atom. The molecule has 0 radical (unpaired) electrons. The summed E-state index contributed by atoms with van der Waals surface area (Å²) in [7, 11) is 0. The van der Waals surface area contributed by atoms with Gasteiger partial charge in [-0.15, -0.1) is 0 Å². The van der Waals surface area contributed by atoms with Gasteiger partial charge >= 0.3 is 0 Å². The maximum Gasteiger partial charge on any atom is 0.225 e. The molecule has 0 saturated carbocycles. The van der Waals surface area contributed by atoms with Crippen molar-refractivity contribution in [3.63, 3.8) is 0 Å². The molecule has 0 aliphatic carbocycles.